The second-order valence-corrected chi connectivity index (χ2v) is 8.65. The number of rotatable bonds is 7. The van der Waals surface area contributed by atoms with E-state index in [0.717, 1.165) is 41.7 Å². The van der Waals surface area contributed by atoms with Gasteiger partial charge in [-0.05, 0) is 69.2 Å². The lowest BCUT2D eigenvalue weighted by Crippen LogP contribution is -2.47. The number of nitrogens with one attached hydrogen (secondary N) is 1. The topological polar surface area (TPSA) is 58.6 Å². The number of likely N-dealkylation sites (tertiary alicyclic amines) is 1. The molecule has 2 aromatic rings. The Morgan fingerprint density at radius 3 is 2.29 bits per heavy atom. The first kappa shape index (κ1) is 22.9. The molecule has 0 spiro atoms. The Kier molecular flexibility index (Phi) is 7.72. The molecule has 0 bridgehead atoms. The number of carbonyl (C=O) groups is 2. The van der Waals surface area contributed by atoms with Crippen molar-refractivity contribution in [3.8, 4) is 5.75 Å². The predicted molar refractivity (Wildman–Crippen MR) is 123 cm³/mol. The summed E-state index contributed by atoms with van der Waals surface area (Å²) in [4.78, 5) is 26.8. The largest absolute Gasteiger partial charge is 0.483 e. The quantitative estimate of drug-likeness (QED) is 0.733. The minimum atomic E-state index is -0.107. The van der Waals surface area contributed by atoms with Gasteiger partial charge in [-0.1, -0.05) is 42.0 Å². The van der Waals surface area contributed by atoms with Crippen LogP contribution in [0, 0.1) is 27.7 Å². The van der Waals surface area contributed by atoms with E-state index >= 15 is 0 Å². The highest BCUT2D eigenvalue weighted by Crippen LogP contribution is 2.25. The molecule has 3 rings (SSSR count). The van der Waals surface area contributed by atoms with E-state index in [1.807, 2.05) is 31.7 Å². The third-order valence-corrected chi connectivity index (χ3v) is 6.18. The summed E-state index contributed by atoms with van der Waals surface area (Å²) in [5.41, 5.74) is 5.69. The van der Waals surface area contributed by atoms with Crippen molar-refractivity contribution in [2.24, 2.45) is 0 Å². The number of piperidine rings is 1. The Morgan fingerprint density at radius 2 is 1.61 bits per heavy atom. The van der Waals surface area contributed by atoms with Crippen molar-refractivity contribution in [3.63, 3.8) is 0 Å². The highest BCUT2D eigenvalue weighted by Gasteiger charge is 2.24. The lowest BCUT2D eigenvalue weighted by atomic mass is 10.0. The molecule has 0 radical (unpaired) electrons. The molecule has 1 heterocycles. The van der Waals surface area contributed by atoms with Gasteiger partial charge in [-0.3, -0.25) is 9.59 Å². The molecule has 0 aromatic heterocycles. The van der Waals surface area contributed by atoms with E-state index in [0.29, 0.717) is 19.5 Å². The summed E-state index contributed by atoms with van der Waals surface area (Å²) in [6.07, 6.45) is 2.86. The van der Waals surface area contributed by atoms with E-state index in [4.69, 9.17) is 4.74 Å². The number of carbonyl (C=O) groups excluding carboxylic acids is 2. The van der Waals surface area contributed by atoms with Gasteiger partial charge in [-0.15, -0.1) is 0 Å². The number of nitrogens with zero attached hydrogens (tertiary/aromatic N) is 1. The molecule has 5 heteroatoms. The molecule has 1 aliphatic rings. The Morgan fingerprint density at radius 1 is 0.968 bits per heavy atom. The van der Waals surface area contributed by atoms with Gasteiger partial charge in [0.2, 0.25) is 5.91 Å². The van der Waals surface area contributed by atoms with Crippen molar-refractivity contribution in [1.82, 2.24) is 10.2 Å². The third-order valence-electron chi connectivity index (χ3n) is 6.18. The normalized spacial score (nSPS) is 14.4. The second kappa shape index (κ2) is 10.5. The zero-order valence-corrected chi connectivity index (χ0v) is 19.2. The second-order valence-electron chi connectivity index (χ2n) is 8.65. The predicted octanol–water partition coefficient (Wildman–Crippen LogP) is 4.04. The molecule has 1 fully saturated rings. The molecule has 2 aromatic carbocycles. The van der Waals surface area contributed by atoms with Gasteiger partial charge in [-0.2, -0.15) is 0 Å². The summed E-state index contributed by atoms with van der Waals surface area (Å²) in [5, 5.41) is 3.06. The number of amides is 2. The van der Waals surface area contributed by atoms with Gasteiger partial charge in [0, 0.05) is 25.6 Å². The summed E-state index contributed by atoms with van der Waals surface area (Å²) < 4.78 is 5.82. The molecular weight excluding hydrogens is 388 g/mol. The first-order valence-electron chi connectivity index (χ1n) is 11.2. The van der Waals surface area contributed by atoms with Gasteiger partial charge >= 0.3 is 0 Å². The molecule has 0 unspecified atom stereocenters. The van der Waals surface area contributed by atoms with Crippen LogP contribution >= 0.6 is 0 Å². The van der Waals surface area contributed by atoms with E-state index in [-0.39, 0.29) is 24.5 Å². The molecule has 0 atom stereocenters. The van der Waals surface area contributed by atoms with E-state index in [1.54, 1.807) is 0 Å². The maximum absolute atomic E-state index is 12.5. The zero-order valence-electron chi connectivity index (χ0n) is 19.2. The zero-order chi connectivity index (χ0) is 22.4. The lowest BCUT2D eigenvalue weighted by molar-refractivity contribution is -0.132. The summed E-state index contributed by atoms with van der Waals surface area (Å²) in [7, 11) is 0. The number of benzene rings is 2. The fourth-order valence-electron chi connectivity index (χ4n) is 3.99. The van der Waals surface area contributed by atoms with E-state index in [9.17, 15) is 9.59 Å². The van der Waals surface area contributed by atoms with Crippen LogP contribution in [0.25, 0.3) is 0 Å². The fourth-order valence-corrected chi connectivity index (χ4v) is 3.99. The van der Waals surface area contributed by atoms with Crippen LogP contribution in [0.3, 0.4) is 0 Å². The molecule has 0 aliphatic carbocycles. The van der Waals surface area contributed by atoms with Crippen LogP contribution in [0.5, 0.6) is 5.75 Å². The van der Waals surface area contributed by atoms with Gasteiger partial charge < -0.3 is 15.0 Å². The minimum absolute atomic E-state index is 0.0147. The maximum Gasteiger partial charge on any atom is 0.258 e. The van der Waals surface area contributed by atoms with E-state index < -0.39 is 0 Å². The van der Waals surface area contributed by atoms with Crippen LogP contribution in [-0.4, -0.2) is 42.5 Å². The standard InChI is InChI=1S/C26H34N2O3/c1-18-5-9-22(10-6-18)11-12-25(30)28-15-13-23(14-16-28)27-24(29)17-31-26-20(3)8-7-19(2)21(26)4/h5-10,23H,11-17H2,1-4H3,(H,27,29). The first-order valence-corrected chi connectivity index (χ1v) is 11.2. The third kappa shape index (κ3) is 6.33. The maximum atomic E-state index is 12.5. The molecule has 0 saturated carbocycles. The fraction of sp³-hybridized carbons (Fsp3) is 0.462. The summed E-state index contributed by atoms with van der Waals surface area (Å²) in [6, 6.07) is 12.5. The Hall–Kier alpha value is -2.82. The number of ether oxygens (including phenoxy) is 1. The van der Waals surface area contributed by atoms with Crippen molar-refractivity contribution < 1.29 is 14.3 Å². The average Bonchev–Trinajstić information content (AvgIpc) is 2.76. The lowest BCUT2D eigenvalue weighted by Gasteiger charge is -2.32. The van der Waals surface area contributed by atoms with Crippen molar-refractivity contribution in [2.75, 3.05) is 19.7 Å². The van der Waals surface area contributed by atoms with Crippen LogP contribution in [0.2, 0.25) is 0 Å². The number of hydrogen-bond donors (Lipinski definition) is 1. The Bertz CT molecular complexity index is 913. The van der Waals surface area contributed by atoms with Gasteiger partial charge in [0.15, 0.2) is 6.61 Å². The molecular formula is C26H34N2O3. The summed E-state index contributed by atoms with van der Waals surface area (Å²) in [5.74, 6) is 0.882. The number of hydrogen-bond acceptors (Lipinski definition) is 3. The molecule has 2 amide bonds. The molecule has 31 heavy (non-hydrogen) atoms. The Balaban J connectivity index is 1.39. The van der Waals surface area contributed by atoms with E-state index in [1.165, 1.54) is 11.1 Å². The molecule has 5 nitrogen and oxygen atoms in total. The van der Waals surface area contributed by atoms with Crippen LogP contribution < -0.4 is 10.1 Å². The minimum Gasteiger partial charge on any atom is -0.483 e. The smallest absolute Gasteiger partial charge is 0.258 e. The van der Waals surface area contributed by atoms with Gasteiger partial charge in [0.25, 0.3) is 5.91 Å². The van der Waals surface area contributed by atoms with Crippen LogP contribution in [-0.2, 0) is 16.0 Å². The van der Waals surface area contributed by atoms with Crippen LogP contribution in [0.1, 0.15) is 47.1 Å². The first-order chi connectivity index (χ1) is 14.8. The molecule has 1 aliphatic heterocycles. The van der Waals surface area contributed by atoms with Gasteiger partial charge in [-0.25, -0.2) is 0 Å². The summed E-state index contributed by atoms with van der Waals surface area (Å²) in [6.45, 7) is 9.50. The summed E-state index contributed by atoms with van der Waals surface area (Å²) >= 11 is 0. The van der Waals surface area contributed by atoms with Crippen molar-refractivity contribution in [3.05, 3.63) is 64.2 Å². The van der Waals surface area contributed by atoms with Crippen molar-refractivity contribution in [2.45, 2.75) is 59.4 Å². The van der Waals surface area contributed by atoms with Crippen molar-refractivity contribution in [1.29, 1.82) is 0 Å². The highest BCUT2D eigenvalue weighted by atomic mass is 16.5. The van der Waals surface area contributed by atoms with Crippen LogP contribution in [0.4, 0.5) is 0 Å². The van der Waals surface area contributed by atoms with Crippen molar-refractivity contribution >= 4 is 11.8 Å². The van der Waals surface area contributed by atoms with E-state index in [2.05, 4.69) is 42.6 Å². The number of aryl methyl sites for hydroxylation is 4. The van der Waals surface area contributed by atoms with Gasteiger partial charge in [0.05, 0.1) is 0 Å². The molecule has 1 saturated heterocycles. The SMILES string of the molecule is Cc1ccc(CCC(=O)N2CCC(NC(=O)COc3c(C)ccc(C)c3C)CC2)cc1. The molecule has 166 valence electrons. The molecule has 1 N–H and O–H groups in total. The van der Waals surface area contributed by atoms with Gasteiger partial charge in [0.1, 0.15) is 5.75 Å². The average molecular weight is 423 g/mol. The Labute approximate surface area is 185 Å². The highest BCUT2D eigenvalue weighted by molar-refractivity contribution is 5.78. The van der Waals surface area contributed by atoms with Crippen LogP contribution in [0.15, 0.2) is 36.4 Å². The monoisotopic (exact) mass is 422 g/mol.